The monoisotopic (exact) mass is 595 g/mol. The number of nitrogens with zero attached hydrogens (tertiary/aromatic N) is 3. The first-order chi connectivity index (χ1) is 20.5. The number of hydrogen-bond donors (Lipinski definition) is 4. The molecule has 4 aromatic rings. The van der Waals surface area contributed by atoms with Gasteiger partial charge in [0.15, 0.2) is 0 Å². The molecule has 4 N–H and O–H groups in total. The number of carbonyl (C=O) groups is 1. The van der Waals surface area contributed by atoms with Crippen LogP contribution < -0.4 is 27.0 Å². The third-order valence-electron chi connectivity index (χ3n) is 6.97. The molecule has 0 fully saturated rings. The molecule has 0 saturated carbocycles. The van der Waals surface area contributed by atoms with E-state index in [2.05, 4.69) is 26.3 Å². The van der Waals surface area contributed by atoms with E-state index in [1.54, 1.807) is 18.2 Å². The van der Waals surface area contributed by atoms with E-state index in [4.69, 9.17) is 0 Å². The Kier molecular flexibility index (Phi) is 8.57. The summed E-state index contributed by atoms with van der Waals surface area (Å²) in [7, 11) is 3.81. The molecule has 0 bridgehead atoms. The zero-order chi connectivity index (χ0) is 30.8. The van der Waals surface area contributed by atoms with E-state index in [1.165, 1.54) is 12.3 Å². The van der Waals surface area contributed by atoms with Crippen LogP contribution in [0.1, 0.15) is 33.1 Å². The number of aryl methyl sites for hydroxylation is 1. The number of fused-ring (bicyclic) bond motifs is 1. The fourth-order valence-electron chi connectivity index (χ4n) is 4.89. The summed E-state index contributed by atoms with van der Waals surface area (Å²) in [5.74, 6) is -4.08. The summed E-state index contributed by atoms with van der Waals surface area (Å²) in [6.07, 6.45) is 0.641. The minimum absolute atomic E-state index is 0.0553. The lowest BCUT2D eigenvalue weighted by molar-refractivity contribution is 0.102. The Bertz CT molecular complexity index is 1700. The van der Waals surface area contributed by atoms with Crippen molar-refractivity contribution in [2.45, 2.75) is 19.3 Å². The van der Waals surface area contributed by atoms with E-state index in [0.717, 1.165) is 34.4 Å². The Hall–Kier alpha value is -4.59. The van der Waals surface area contributed by atoms with Crippen molar-refractivity contribution in [3.63, 3.8) is 0 Å². The second-order valence-electron chi connectivity index (χ2n) is 10.4. The average molecular weight is 596 g/mol. The zero-order valence-electron chi connectivity index (χ0n) is 23.5. The van der Waals surface area contributed by atoms with Gasteiger partial charge in [0.25, 0.3) is 5.91 Å². The van der Waals surface area contributed by atoms with Crippen molar-refractivity contribution >= 4 is 17.4 Å². The average Bonchev–Trinajstić information content (AvgIpc) is 2.93. The van der Waals surface area contributed by atoms with Crippen LogP contribution in [-0.4, -0.2) is 53.8 Å². The molecule has 3 aromatic carbocycles. The van der Waals surface area contributed by atoms with Gasteiger partial charge >= 0.3 is 5.69 Å². The Labute approximate surface area is 244 Å². The molecule has 1 aliphatic heterocycles. The van der Waals surface area contributed by atoms with Crippen LogP contribution in [0.2, 0.25) is 0 Å². The van der Waals surface area contributed by atoms with Gasteiger partial charge in [-0.05, 0) is 68.5 Å². The topological polar surface area (TPSA) is 103 Å². The number of anilines is 2. The van der Waals surface area contributed by atoms with Crippen molar-refractivity contribution in [1.29, 1.82) is 0 Å². The number of rotatable bonds is 8. The Morgan fingerprint density at radius 1 is 1.00 bits per heavy atom. The Balaban J connectivity index is 1.59. The summed E-state index contributed by atoms with van der Waals surface area (Å²) in [5.41, 5.74) is 0.396. The third-order valence-corrected chi connectivity index (χ3v) is 6.97. The van der Waals surface area contributed by atoms with Crippen molar-refractivity contribution < 1.29 is 22.4 Å². The number of benzene rings is 3. The SMILES string of the molecule is Cc1ccc(C(=O)Nc2cc(F)cc(F)c2)cc1C1NC(NCCN(C)C)Nc2c1cnc(=O)n2-c1c(F)cccc1F. The summed E-state index contributed by atoms with van der Waals surface area (Å²) < 4.78 is 58.1. The molecule has 1 aromatic heterocycles. The molecule has 2 unspecified atom stereocenters. The van der Waals surface area contributed by atoms with Gasteiger partial charge in [0, 0.05) is 42.2 Å². The second kappa shape index (κ2) is 12.3. The molecule has 2 atom stereocenters. The molecular formula is C30H29F4N7O2. The minimum atomic E-state index is -0.949. The molecule has 1 aliphatic rings. The molecule has 0 spiro atoms. The predicted octanol–water partition coefficient (Wildman–Crippen LogP) is 3.89. The van der Waals surface area contributed by atoms with E-state index in [1.807, 2.05) is 25.9 Å². The van der Waals surface area contributed by atoms with Gasteiger partial charge in [-0.25, -0.2) is 31.9 Å². The van der Waals surface area contributed by atoms with Crippen LogP contribution in [0.25, 0.3) is 5.69 Å². The maximum absolute atomic E-state index is 14.9. The molecule has 224 valence electrons. The lowest BCUT2D eigenvalue weighted by Crippen LogP contribution is -2.55. The first kappa shape index (κ1) is 29.9. The van der Waals surface area contributed by atoms with Crippen molar-refractivity contribution in [3.05, 3.63) is 117 Å². The van der Waals surface area contributed by atoms with Crippen molar-refractivity contribution in [1.82, 2.24) is 25.1 Å². The predicted molar refractivity (Wildman–Crippen MR) is 154 cm³/mol. The van der Waals surface area contributed by atoms with Crippen LogP contribution in [0.5, 0.6) is 0 Å². The van der Waals surface area contributed by atoms with E-state index in [0.29, 0.717) is 30.3 Å². The van der Waals surface area contributed by atoms with Crippen LogP contribution in [0.15, 0.2) is 65.6 Å². The normalized spacial score (nSPS) is 16.1. The fourth-order valence-corrected chi connectivity index (χ4v) is 4.89. The van der Waals surface area contributed by atoms with Gasteiger partial charge in [0.1, 0.15) is 41.1 Å². The van der Waals surface area contributed by atoms with E-state index < -0.39 is 52.9 Å². The molecule has 2 heterocycles. The number of para-hydroxylation sites is 1. The maximum atomic E-state index is 14.9. The Morgan fingerprint density at radius 3 is 2.37 bits per heavy atom. The highest BCUT2D eigenvalue weighted by Crippen LogP contribution is 2.35. The summed E-state index contributed by atoms with van der Waals surface area (Å²) in [6, 6.07) is 10.1. The Morgan fingerprint density at radius 2 is 1.70 bits per heavy atom. The first-order valence-electron chi connectivity index (χ1n) is 13.4. The molecule has 43 heavy (non-hydrogen) atoms. The summed E-state index contributed by atoms with van der Waals surface area (Å²) in [4.78, 5) is 32.0. The number of halogens is 4. The quantitative estimate of drug-likeness (QED) is 0.229. The highest BCUT2D eigenvalue weighted by atomic mass is 19.1. The van der Waals surface area contributed by atoms with Gasteiger partial charge < -0.3 is 15.5 Å². The number of carbonyl (C=O) groups excluding carboxylic acids is 1. The van der Waals surface area contributed by atoms with Crippen molar-refractivity contribution in [2.75, 3.05) is 37.8 Å². The van der Waals surface area contributed by atoms with Crippen LogP contribution in [0, 0.1) is 30.2 Å². The van der Waals surface area contributed by atoms with Gasteiger partial charge in [-0.3, -0.25) is 15.4 Å². The van der Waals surface area contributed by atoms with Crippen molar-refractivity contribution in [3.8, 4) is 5.69 Å². The molecule has 0 radical (unpaired) electrons. The zero-order valence-corrected chi connectivity index (χ0v) is 23.5. The smallest absolute Gasteiger partial charge is 0.343 e. The largest absolute Gasteiger partial charge is 0.353 e. The van der Waals surface area contributed by atoms with Gasteiger partial charge in [-0.1, -0.05) is 12.1 Å². The number of amides is 1. The minimum Gasteiger partial charge on any atom is -0.343 e. The third kappa shape index (κ3) is 6.43. The van der Waals surface area contributed by atoms with Crippen LogP contribution in [0.3, 0.4) is 0 Å². The van der Waals surface area contributed by atoms with E-state index >= 15 is 0 Å². The number of likely N-dealkylation sites (N-methyl/N-ethyl adjacent to an activating group) is 1. The first-order valence-corrected chi connectivity index (χ1v) is 13.4. The molecule has 5 rings (SSSR count). The van der Waals surface area contributed by atoms with Crippen LogP contribution in [0.4, 0.5) is 29.1 Å². The van der Waals surface area contributed by atoms with Crippen LogP contribution >= 0.6 is 0 Å². The summed E-state index contributed by atoms with van der Waals surface area (Å²) in [6.45, 7) is 2.99. The molecular weight excluding hydrogens is 566 g/mol. The summed E-state index contributed by atoms with van der Waals surface area (Å²) >= 11 is 0. The lowest BCUT2D eigenvalue weighted by atomic mass is 9.92. The van der Waals surface area contributed by atoms with Gasteiger partial charge in [0.05, 0.1) is 6.04 Å². The van der Waals surface area contributed by atoms with Crippen molar-refractivity contribution in [2.24, 2.45) is 0 Å². The number of aromatic nitrogens is 2. The molecule has 0 saturated heterocycles. The molecule has 9 nitrogen and oxygen atoms in total. The number of hydrogen-bond acceptors (Lipinski definition) is 7. The fraction of sp³-hybridized carbons (Fsp3) is 0.233. The molecule has 1 amide bonds. The van der Waals surface area contributed by atoms with Gasteiger partial charge in [-0.2, -0.15) is 0 Å². The van der Waals surface area contributed by atoms with Gasteiger partial charge in [0.2, 0.25) is 0 Å². The molecule has 0 aliphatic carbocycles. The standard InChI is InChI=1S/C30H29F4N7O2/c1-16-7-8-17(28(42)37-20-13-18(31)12-19(32)14-20)11-21(16)25-22-15-36-30(43)41(26-23(33)5-4-6-24(26)34)27(22)39-29(38-25)35-9-10-40(2)3/h4-8,11-15,25,29,35,38-39H,9-10H2,1-3H3,(H,37,42). The van der Waals surface area contributed by atoms with E-state index in [-0.39, 0.29) is 17.1 Å². The summed E-state index contributed by atoms with van der Waals surface area (Å²) in [5, 5.41) is 12.3. The highest BCUT2D eigenvalue weighted by Gasteiger charge is 2.32. The van der Waals surface area contributed by atoms with Gasteiger partial charge in [-0.15, -0.1) is 0 Å². The highest BCUT2D eigenvalue weighted by molar-refractivity contribution is 6.04. The van der Waals surface area contributed by atoms with Crippen LogP contribution in [-0.2, 0) is 0 Å². The second-order valence-corrected chi connectivity index (χ2v) is 10.4. The maximum Gasteiger partial charge on any atom is 0.353 e. The molecule has 13 heteroatoms. The number of nitrogens with one attached hydrogen (secondary N) is 4. The van der Waals surface area contributed by atoms with E-state index in [9.17, 15) is 27.2 Å². The lowest BCUT2D eigenvalue weighted by Gasteiger charge is -2.37.